The minimum atomic E-state index is -0.273. The number of ether oxygens (including phenoxy) is 1. The van der Waals surface area contributed by atoms with Crippen LogP contribution in [0, 0.1) is 0 Å². The Hall–Kier alpha value is -1.55. The van der Waals surface area contributed by atoms with Gasteiger partial charge in [0.25, 0.3) is 0 Å². The molecule has 0 fully saturated rings. The van der Waals surface area contributed by atoms with E-state index in [1.54, 1.807) is 24.0 Å². The van der Waals surface area contributed by atoms with Gasteiger partial charge < -0.3 is 9.64 Å². The standard InChI is InChI=1S/C15H20ClNO3/c1-3-17(10-9-15(19)20-4-2)14(18)11-12-5-7-13(16)8-6-12/h5-8H,3-4,9-11H2,1-2H3. The third-order valence-corrected chi connectivity index (χ3v) is 3.15. The molecule has 0 spiro atoms. The Bertz CT molecular complexity index is 445. The van der Waals surface area contributed by atoms with Gasteiger partial charge >= 0.3 is 5.97 Å². The maximum absolute atomic E-state index is 12.1. The Morgan fingerprint density at radius 1 is 1.20 bits per heavy atom. The summed E-state index contributed by atoms with van der Waals surface area (Å²) < 4.78 is 4.86. The van der Waals surface area contributed by atoms with Crippen LogP contribution in [-0.2, 0) is 20.7 Å². The lowest BCUT2D eigenvalue weighted by atomic mass is 10.1. The maximum atomic E-state index is 12.1. The van der Waals surface area contributed by atoms with E-state index in [-0.39, 0.29) is 18.3 Å². The molecule has 0 heterocycles. The van der Waals surface area contributed by atoms with E-state index in [0.29, 0.717) is 31.1 Å². The monoisotopic (exact) mass is 297 g/mol. The van der Waals surface area contributed by atoms with Gasteiger partial charge in [-0.2, -0.15) is 0 Å². The van der Waals surface area contributed by atoms with Crippen molar-refractivity contribution in [1.29, 1.82) is 0 Å². The molecule has 0 aromatic heterocycles. The number of halogens is 1. The van der Waals surface area contributed by atoms with Crippen LogP contribution < -0.4 is 0 Å². The van der Waals surface area contributed by atoms with Gasteiger partial charge in [0.2, 0.25) is 5.91 Å². The largest absolute Gasteiger partial charge is 0.466 e. The molecule has 0 N–H and O–H groups in total. The quantitative estimate of drug-likeness (QED) is 0.727. The van der Waals surface area contributed by atoms with Crippen molar-refractivity contribution in [1.82, 2.24) is 4.90 Å². The number of benzene rings is 1. The molecule has 20 heavy (non-hydrogen) atoms. The van der Waals surface area contributed by atoms with Gasteiger partial charge in [0.1, 0.15) is 0 Å². The van der Waals surface area contributed by atoms with Gasteiger partial charge in [-0.3, -0.25) is 9.59 Å². The summed E-state index contributed by atoms with van der Waals surface area (Å²) in [6.45, 7) is 4.99. The van der Waals surface area contributed by atoms with E-state index in [1.807, 2.05) is 19.1 Å². The fourth-order valence-electron chi connectivity index (χ4n) is 1.81. The molecule has 110 valence electrons. The molecule has 0 aliphatic carbocycles. The average Bonchev–Trinajstić information content (AvgIpc) is 2.42. The van der Waals surface area contributed by atoms with Crippen molar-refractivity contribution in [3.05, 3.63) is 34.9 Å². The van der Waals surface area contributed by atoms with Gasteiger partial charge in [-0.05, 0) is 31.5 Å². The second kappa shape index (κ2) is 8.59. The van der Waals surface area contributed by atoms with Crippen LogP contribution in [0.1, 0.15) is 25.8 Å². The number of likely N-dealkylation sites (N-methyl/N-ethyl adjacent to an activating group) is 1. The van der Waals surface area contributed by atoms with Crippen molar-refractivity contribution < 1.29 is 14.3 Å². The second-order valence-corrected chi connectivity index (χ2v) is 4.77. The van der Waals surface area contributed by atoms with Gasteiger partial charge in [-0.15, -0.1) is 0 Å². The zero-order valence-corrected chi connectivity index (χ0v) is 12.7. The summed E-state index contributed by atoms with van der Waals surface area (Å²) in [5.41, 5.74) is 0.911. The highest BCUT2D eigenvalue weighted by atomic mass is 35.5. The first-order valence-corrected chi connectivity index (χ1v) is 7.12. The average molecular weight is 298 g/mol. The molecule has 1 aromatic rings. The lowest BCUT2D eigenvalue weighted by molar-refractivity contribution is -0.144. The molecule has 0 saturated carbocycles. The zero-order valence-electron chi connectivity index (χ0n) is 11.9. The summed E-state index contributed by atoms with van der Waals surface area (Å²) in [4.78, 5) is 25.1. The highest BCUT2D eigenvalue weighted by Gasteiger charge is 2.14. The Morgan fingerprint density at radius 2 is 1.85 bits per heavy atom. The van der Waals surface area contributed by atoms with Crippen LogP contribution in [0.25, 0.3) is 0 Å². The molecule has 0 saturated heterocycles. The van der Waals surface area contributed by atoms with E-state index < -0.39 is 0 Å². The highest BCUT2D eigenvalue weighted by Crippen LogP contribution is 2.11. The van der Waals surface area contributed by atoms with Gasteiger partial charge in [0.15, 0.2) is 0 Å². The lowest BCUT2D eigenvalue weighted by Gasteiger charge is -2.20. The van der Waals surface area contributed by atoms with Crippen molar-refractivity contribution >= 4 is 23.5 Å². The summed E-state index contributed by atoms with van der Waals surface area (Å²) in [5.74, 6) is -0.274. The molecule has 4 nitrogen and oxygen atoms in total. The van der Waals surface area contributed by atoms with Crippen molar-refractivity contribution in [3.8, 4) is 0 Å². The van der Waals surface area contributed by atoms with Crippen molar-refractivity contribution in [2.45, 2.75) is 26.7 Å². The van der Waals surface area contributed by atoms with Crippen molar-refractivity contribution in [3.63, 3.8) is 0 Å². The number of esters is 1. The Kier molecular flexibility index (Phi) is 7.09. The van der Waals surface area contributed by atoms with Crippen LogP contribution >= 0.6 is 11.6 Å². The molecule has 0 aliphatic heterocycles. The smallest absolute Gasteiger partial charge is 0.307 e. The van der Waals surface area contributed by atoms with E-state index in [1.165, 1.54) is 0 Å². The number of rotatable bonds is 7. The molecule has 0 unspecified atom stereocenters. The second-order valence-electron chi connectivity index (χ2n) is 4.33. The predicted molar refractivity (Wildman–Crippen MR) is 78.7 cm³/mol. The fraction of sp³-hybridized carbons (Fsp3) is 0.467. The van der Waals surface area contributed by atoms with E-state index >= 15 is 0 Å². The predicted octanol–water partition coefficient (Wildman–Crippen LogP) is 2.68. The summed E-state index contributed by atoms with van der Waals surface area (Å²) in [7, 11) is 0. The molecule has 0 radical (unpaired) electrons. The Morgan fingerprint density at radius 3 is 2.40 bits per heavy atom. The number of hydrogen-bond acceptors (Lipinski definition) is 3. The molecule has 0 bridgehead atoms. The lowest BCUT2D eigenvalue weighted by Crippen LogP contribution is -2.34. The van der Waals surface area contributed by atoms with Crippen LogP contribution in [0.2, 0.25) is 5.02 Å². The molecule has 1 aromatic carbocycles. The minimum absolute atomic E-state index is 0.000814. The molecule has 1 rings (SSSR count). The minimum Gasteiger partial charge on any atom is -0.466 e. The topological polar surface area (TPSA) is 46.6 Å². The summed E-state index contributed by atoms with van der Waals surface area (Å²) in [6.07, 6.45) is 0.544. The highest BCUT2D eigenvalue weighted by molar-refractivity contribution is 6.30. The third-order valence-electron chi connectivity index (χ3n) is 2.89. The molecular weight excluding hydrogens is 278 g/mol. The van der Waals surface area contributed by atoms with E-state index in [9.17, 15) is 9.59 Å². The molecule has 0 aliphatic rings. The summed E-state index contributed by atoms with van der Waals surface area (Å²) in [6, 6.07) is 7.19. The normalized spacial score (nSPS) is 10.2. The first-order valence-electron chi connectivity index (χ1n) is 6.74. The Labute approximate surface area is 124 Å². The van der Waals surface area contributed by atoms with Crippen LogP contribution in [0.3, 0.4) is 0 Å². The first-order chi connectivity index (χ1) is 9.56. The van der Waals surface area contributed by atoms with E-state index in [0.717, 1.165) is 5.56 Å². The Balaban J connectivity index is 2.50. The summed E-state index contributed by atoms with van der Waals surface area (Å²) >= 11 is 5.81. The number of carbonyl (C=O) groups excluding carboxylic acids is 2. The number of amides is 1. The molecule has 1 amide bonds. The van der Waals surface area contributed by atoms with Crippen LogP contribution in [0.4, 0.5) is 0 Å². The summed E-state index contributed by atoms with van der Waals surface area (Å²) in [5, 5.41) is 0.649. The molecular formula is C15H20ClNO3. The van der Waals surface area contributed by atoms with Crippen LogP contribution in [-0.4, -0.2) is 36.5 Å². The maximum Gasteiger partial charge on any atom is 0.307 e. The number of nitrogens with zero attached hydrogens (tertiary/aromatic N) is 1. The van der Waals surface area contributed by atoms with E-state index in [4.69, 9.17) is 16.3 Å². The number of hydrogen-bond donors (Lipinski definition) is 0. The van der Waals surface area contributed by atoms with E-state index in [2.05, 4.69) is 0 Å². The van der Waals surface area contributed by atoms with Gasteiger partial charge in [-0.25, -0.2) is 0 Å². The first kappa shape index (κ1) is 16.5. The van der Waals surface area contributed by atoms with Crippen LogP contribution in [0.5, 0.6) is 0 Å². The van der Waals surface area contributed by atoms with Crippen LogP contribution in [0.15, 0.2) is 24.3 Å². The molecule has 0 atom stereocenters. The van der Waals surface area contributed by atoms with Gasteiger partial charge in [0, 0.05) is 18.1 Å². The molecule has 5 heteroatoms. The number of carbonyl (C=O) groups is 2. The van der Waals surface area contributed by atoms with Gasteiger partial charge in [-0.1, -0.05) is 23.7 Å². The fourth-order valence-corrected chi connectivity index (χ4v) is 1.93. The van der Waals surface area contributed by atoms with Crippen molar-refractivity contribution in [2.75, 3.05) is 19.7 Å². The van der Waals surface area contributed by atoms with Crippen molar-refractivity contribution in [2.24, 2.45) is 0 Å². The third kappa shape index (κ3) is 5.61. The SMILES string of the molecule is CCOC(=O)CCN(CC)C(=O)Cc1ccc(Cl)cc1. The van der Waals surface area contributed by atoms with Gasteiger partial charge in [0.05, 0.1) is 19.4 Å². The zero-order chi connectivity index (χ0) is 15.0.